The number of hydrogen-bond acceptors (Lipinski definition) is 6. The number of aliphatic hydroxyl groups excluding tert-OH is 1. The van der Waals surface area contributed by atoms with Crippen LogP contribution < -0.4 is 0 Å². The van der Waals surface area contributed by atoms with E-state index in [0.717, 1.165) is 24.0 Å². The molecule has 1 aromatic rings. The molecule has 3 saturated heterocycles. The molecule has 1 aromatic heterocycles. The van der Waals surface area contributed by atoms with Crippen molar-refractivity contribution in [1.29, 1.82) is 0 Å². The minimum atomic E-state index is -1.12. The number of carbonyl (C=O) groups excluding carboxylic acids is 1. The van der Waals surface area contributed by atoms with E-state index in [1.165, 1.54) is 0 Å². The second kappa shape index (κ2) is 4.68. The second-order valence-corrected chi connectivity index (χ2v) is 8.13. The SMILES string of the molecule is C=C1C[C@H]2OC(=O)C3=CCC[C@@H]4[C@@]15C[C@@H](c1ccoc1)O[C@@H]5O[C@@H](O)[C@]342. The zero-order valence-corrected chi connectivity index (χ0v) is 14.2. The Balaban J connectivity index is 1.53. The molecule has 6 rings (SSSR count). The molecule has 0 radical (unpaired) electrons. The summed E-state index contributed by atoms with van der Waals surface area (Å²) in [5, 5.41) is 11.0. The Bertz CT molecular complexity index is 840. The van der Waals surface area contributed by atoms with Crippen molar-refractivity contribution in [3.05, 3.63) is 48.0 Å². The van der Waals surface area contributed by atoms with Crippen molar-refractivity contribution in [3.8, 4) is 0 Å². The molecule has 2 bridgehead atoms. The summed E-state index contributed by atoms with van der Waals surface area (Å²) in [4.78, 5) is 12.5. The van der Waals surface area contributed by atoms with Crippen molar-refractivity contribution in [2.24, 2.45) is 16.7 Å². The number of hydrogen-bond donors (Lipinski definition) is 1. The highest BCUT2D eigenvalue weighted by molar-refractivity contribution is 5.93. The third-order valence-electron chi connectivity index (χ3n) is 7.37. The number of carbonyl (C=O) groups is 1. The molecule has 0 amide bonds. The topological polar surface area (TPSA) is 78.1 Å². The normalized spacial score (nSPS) is 48.7. The predicted molar refractivity (Wildman–Crippen MR) is 87.3 cm³/mol. The molecule has 6 nitrogen and oxygen atoms in total. The molecular weight excluding hydrogens is 336 g/mol. The van der Waals surface area contributed by atoms with Crippen molar-refractivity contribution in [1.82, 2.24) is 0 Å². The first kappa shape index (κ1) is 15.2. The number of allylic oxidation sites excluding steroid dienone is 1. The minimum absolute atomic E-state index is 0.0124. The summed E-state index contributed by atoms with van der Waals surface area (Å²) in [7, 11) is 0. The molecule has 0 unspecified atom stereocenters. The molecule has 7 atom stereocenters. The molecule has 4 fully saturated rings. The highest BCUT2D eigenvalue weighted by Crippen LogP contribution is 2.73. The number of rotatable bonds is 1. The van der Waals surface area contributed by atoms with E-state index in [4.69, 9.17) is 18.6 Å². The molecule has 1 N–H and O–H groups in total. The Labute approximate surface area is 150 Å². The van der Waals surface area contributed by atoms with Gasteiger partial charge in [0, 0.05) is 23.0 Å². The van der Waals surface area contributed by atoms with Crippen LogP contribution in [0.1, 0.15) is 37.4 Å². The Morgan fingerprint density at radius 3 is 3.00 bits per heavy atom. The maximum absolute atomic E-state index is 12.5. The van der Waals surface area contributed by atoms with Gasteiger partial charge in [-0.15, -0.1) is 0 Å². The number of furan rings is 1. The third kappa shape index (κ3) is 1.46. The standard InChI is InChI=1S/C20H20O6/c1-10-7-15-20-12(16(21)25-15)3-2-4-14(20)19(10)8-13(11-5-6-23-9-11)24-18(19)26-17(20)22/h3,5-6,9,13-15,17-18,22H,1-2,4,7-8H2/t13-,14+,15+,17+,18+,19+,20+/m0/s1. The van der Waals surface area contributed by atoms with Gasteiger partial charge in [0.25, 0.3) is 0 Å². The van der Waals surface area contributed by atoms with E-state index in [1.807, 2.05) is 12.1 Å². The monoisotopic (exact) mass is 356 g/mol. The molecule has 2 spiro atoms. The molecular formula is C20H20O6. The molecule has 136 valence electrons. The van der Waals surface area contributed by atoms with Gasteiger partial charge < -0.3 is 23.7 Å². The van der Waals surface area contributed by atoms with Gasteiger partial charge in [0.05, 0.1) is 24.0 Å². The van der Waals surface area contributed by atoms with Crippen LogP contribution >= 0.6 is 0 Å². The average molecular weight is 356 g/mol. The largest absolute Gasteiger partial charge is 0.472 e. The molecule has 2 aliphatic carbocycles. The highest BCUT2D eigenvalue weighted by atomic mass is 16.7. The van der Waals surface area contributed by atoms with Crippen LogP contribution in [0.5, 0.6) is 0 Å². The van der Waals surface area contributed by atoms with Crippen molar-refractivity contribution in [3.63, 3.8) is 0 Å². The molecule has 5 aliphatic rings. The minimum Gasteiger partial charge on any atom is -0.472 e. The van der Waals surface area contributed by atoms with Crippen LogP contribution in [-0.4, -0.2) is 29.8 Å². The Kier molecular flexibility index (Phi) is 2.74. The second-order valence-electron chi connectivity index (χ2n) is 8.13. The van der Waals surface area contributed by atoms with Crippen LogP contribution in [0.4, 0.5) is 0 Å². The fourth-order valence-corrected chi connectivity index (χ4v) is 6.34. The zero-order chi connectivity index (χ0) is 17.7. The third-order valence-corrected chi connectivity index (χ3v) is 7.37. The Hall–Kier alpha value is -1.89. The summed E-state index contributed by atoms with van der Waals surface area (Å²) in [5.74, 6) is -0.311. The van der Waals surface area contributed by atoms with E-state index in [0.29, 0.717) is 18.4 Å². The lowest BCUT2D eigenvalue weighted by atomic mass is 9.45. The summed E-state index contributed by atoms with van der Waals surface area (Å²) < 4.78 is 23.2. The fraction of sp³-hybridized carbons (Fsp3) is 0.550. The lowest BCUT2D eigenvalue weighted by Crippen LogP contribution is -2.67. The van der Waals surface area contributed by atoms with E-state index in [2.05, 4.69) is 6.58 Å². The summed E-state index contributed by atoms with van der Waals surface area (Å²) in [6.07, 6.45) is 5.86. The fourth-order valence-electron chi connectivity index (χ4n) is 6.34. The van der Waals surface area contributed by atoms with Crippen molar-refractivity contribution in [2.75, 3.05) is 0 Å². The first-order valence-corrected chi connectivity index (χ1v) is 9.19. The Morgan fingerprint density at radius 2 is 2.19 bits per heavy atom. The summed E-state index contributed by atoms with van der Waals surface area (Å²) >= 11 is 0. The molecule has 1 saturated carbocycles. The smallest absolute Gasteiger partial charge is 0.334 e. The molecule has 3 aliphatic heterocycles. The van der Waals surface area contributed by atoms with Gasteiger partial charge in [-0.25, -0.2) is 4.79 Å². The van der Waals surface area contributed by atoms with Gasteiger partial charge in [0.2, 0.25) is 0 Å². The summed E-state index contributed by atoms with van der Waals surface area (Å²) in [5.41, 5.74) is 1.32. The lowest BCUT2D eigenvalue weighted by Gasteiger charge is -2.62. The van der Waals surface area contributed by atoms with Crippen LogP contribution in [0, 0.1) is 16.7 Å². The van der Waals surface area contributed by atoms with E-state index in [-0.39, 0.29) is 18.0 Å². The number of esters is 1. The molecule has 0 aromatic carbocycles. The van der Waals surface area contributed by atoms with E-state index in [1.54, 1.807) is 12.5 Å². The Morgan fingerprint density at radius 1 is 1.31 bits per heavy atom. The van der Waals surface area contributed by atoms with Gasteiger partial charge in [-0.2, -0.15) is 0 Å². The summed E-state index contributed by atoms with van der Waals surface area (Å²) in [6.45, 7) is 4.36. The number of ether oxygens (including phenoxy) is 3. The molecule has 26 heavy (non-hydrogen) atoms. The van der Waals surface area contributed by atoms with Gasteiger partial charge >= 0.3 is 5.97 Å². The molecule has 6 heteroatoms. The van der Waals surface area contributed by atoms with Gasteiger partial charge in [0.15, 0.2) is 12.6 Å². The zero-order valence-electron chi connectivity index (χ0n) is 14.2. The van der Waals surface area contributed by atoms with Crippen molar-refractivity contribution in [2.45, 2.75) is 50.5 Å². The lowest BCUT2D eigenvalue weighted by molar-refractivity contribution is -0.348. The van der Waals surface area contributed by atoms with Gasteiger partial charge in [-0.1, -0.05) is 18.2 Å². The first-order valence-electron chi connectivity index (χ1n) is 9.19. The van der Waals surface area contributed by atoms with Gasteiger partial charge in [-0.05, 0) is 31.2 Å². The predicted octanol–water partition coefficient (Wildman–Crippen LogP) is 2.61. The van der Waals surface area contributed by atoms with E-state index < -0.39 is 29.5 Å². The highest BCUT2D eigenvalue weighted by Gasteiger charge is 2.77. The summed E-state index contributed by atoms with van der Waals surface area (Å²) in [6, 6.07) is 1.90. The van der Waals surface area contributed by atoms with Crippen LogP contribution in [-0.2, 0) is 19.0 Å². The van der Waals surface area contributed by atoms with Crippen LogP contribution in [0.3, 0.4) is 0 Å². The first-order chi connectivity index (χ1) is 12.6. The van der Waals surface area contributed by atoms with E-state index >= 15 is 0 Å². The number of aliphatic hydroxyl groups is 1. The quantitative estimate of drug-likeness (QED) is 0.616. The van der Waals surface area contributed by atoms with Crippen molar-refractivity contribution >= 4 is 5.97 Å². The van der Waals surface area contributed by atoms with Crippen LogP contribution in [0.15, 0.2) is 46.8 Å². The molecule has 4 heterocycles. The van der Waals surface area contributed by atoms with Crippen LogP contribution in [0.2, 0.25) is 0 Å². The maximum atomic E-state index is 12.5. The van der Waals surface area contributed by atoms with E-state index in [9.17, 15) is 9.90 Å². The van der Waals surface area contributed by atoms with Crippen LogP contribution in [0.25, 0.3) is 0 Å². The van der Waals surface area contributed by atoms with Crippen molar-refractivity contribution < 1.29 is 28.5 Å². The average Bonchev–Trinajstić information content (AvgIpc) is 3.32. The maximum Gasteiger partial charge on any atom is 0.334 e. The van der Waals surface area contributed by atoms with Gasteiger partial charge in [-0.3, -0.25) is 0 Å². The van der Waals surface area contributed by atoms with Gasteiger partial charge in [0.1, 0.15) is 6.10 Å².